The van der Waals surface area contributed by atoms with Crippen LogP contribution in [0.25, 0.3) is 16.6 Å². The number of hydrogen-bond acceptors (Lipinski definition) is 1. The molecule has 2 aromatic carbocycles. The van der Waals surface area contributed by atoms with Crippen LogP contribution < -0.4 is 0 Å². The maximum absolute atomic E-state index is 12.6. The smallest absolute Gasteiger partial charge is 0.316 e. The molecule has 0 saturated carbocycles. The largest absolute Gasteiger partial charge is 0.416 e. The van der Waals surface area contributed by atoms with Gasteiger partial charge in [-0.15, -0.1) is 0 Å². The van der Waals surface area contributed by atoms with E-state index in [4.69, 9.17) is 0 Å². The molecule has 5 heteroatoms. The number of alkyl halides is 3. The number of nitrogens with zero attached hydrogens (tertiary/aromatic N) is 1. The van der Waals surface area contributed by atoms with E-state index in [2.05, 4.69) is 0 Å². The van der Waals surface area contributed by atoms with Gasteiger partial charge in [0.15, 0.2) is 6.29 Å². The van der Waals surface area contributed by atoms with Gasteiger partial charge in [-0.1, -0.05) is 18.2 Å². The average molecular weight is 289 g/mol. The third kappa shape index (κ3) is 2.31. The van der Waals surface area contributed by atoms with Crippen molar-refractivity contribution in [3.05, 3.63) is 65.9 Å². The standard InChI is InChI=1S/C16H10F3NO/c17-16(18,19)12-5-7-13(8-6-12)20-9-11(10-21)14-3-1-2-4-15(14)20/h1-10H. The quantitative estimate of drug-likeness (QED) is 0.638. The first kappa shape index (κ1) is 13.4. The molecule has 3 rings (SSSR count). The van der Waals surface area contributed by atoms with Crippen molar-refractivity contribution in [2.75, 3.05) is 0 Å². The number of aldehydes is 1. The Morgan fingerprint density at radius 1 is 0.952 bits per heavy atom. The van der Waals surface area contributed by atoms with E-state index in [1.807, 2.05) is 18.2 Å². The Kier molecular flexibility index (Phi) is 3.05. The molecule has 0 aliphatic rings. The highest BCUT2D eigenvalue weighted by Crippen LogP contribution is 2.30. The van der Waals surface area contributed by atoms with Crippen molar-refractivity contribution in [1.29, 1.82) is 0 Å². The second kappa shape index (κ2) is 4.77. The first-order chi connectivity index (χ1) is 10.0. The normalized spacial score (nSPS) is 11.8. The van der Waals surface area contributed by atoms with Crippen LogP contribution in [0.15, 0.2) is 54.7 Å². The second-order valence-corrected chi connectivity index (χ2v) is 4.63. The maximum atomic E-state index is 12.6. The van der Waals surface area contributed by atoms with Crippen LogP contribution in [0.2, 0.25) is 0 Å². The highest BCUT2D eigenvalue weighted by molar-refractivity contribution is 5.98. The van der Waals surface area contributed by atoms with Gasteiger partial charge in [-0.3, -0.25) is 4.79 Å². The summed E-state index contributed by atoms with van der Waals surface area (Å²) in [6.45, 7) is 0. The molecule has 1 heterocycles. The van der Waals surface area contributed by atoms with Gasteiger partial charge in [0.1, 0.15) is 0 Å². The molecule has 0 bridgehead atoms. The molecular formula is C16H10F3NO. The zero-order valence-corrected chi connectivity index (χ0v) is 10.8. The summed E-state index contributed by atoms with van der Waals surface area (Å²) >= 11 is 0. The van der Waals surface area contributed by atoms with E-state index >= 15 is 0 Å². The molecule has 0 aliphatic carbocycles. The number of aromatic nitrogens is 1. The molecule has 21 heavy (non-hydrogen) atoms. The molecule has 0 spiro atoms. The summed E-state index contributed by atoms with van der Waals surface area (Å²) in [7, 11) is 0. The van der Waals surface area contributed by atoms with E-state index in [0.717, 1.165) is 29.3 Å². The van der Waals surface area contributed by atoms with Crippen LogP contribution in [-0.2, 0) is 6.18 Å². The van der Waals surface area contributed by atoms with E-state index in [-0.39, 0.29) is 0 Å². The van der Waals surface area contributed by atoms with Gasteiger partial charge in [0.2, 0.25) is 0 Å². The van der Waals surface area contributed by atoms with Gasteiger partial charge in [0.05, 0.1) is 11.1 Å². The summed E-state index contributed by atoms with van der Waals surface area (Å²) in [6, 6.07) is 12.1. The van der Waals surface area contributed by atoms with Crippen molar-refractivity contribution in [2.45, 2.75) is 6.18 Å². The van der Waals surface area contributed by atoms with E-state index in [1.165, 1.54) is 12.1 Å². The van der Waals surface area contributed by atoms with Gasteiger partial charge in [-0.2, -0.15) is 13.2 Å². The van der Waals surface area contributed by atoms with E-state index in [0.29, 0.717) is 11.3 Å². The fourth-order valence-electron chi connectivity index (χ4n) is 2.32. The minimum atomic E-state index is -4.36. The van der Waals surface area contributed by atoms with Crippen LogP contribution in [-0.4, -0.2) is 10.9 Å². The Morgan fingerprint density at radius 3 is 2.24 bits per heavy atom. The average Bonchev–Trinajstić information content (AvgIpc) is 2.85. The summed E-state index contributed by atoms with van der Waals surface area (Å²) < 4.78 is 39.4. The summed E-state index contributed by atoms with van der Waals surface area (Å²) in [5.41, 5.74) is 1.16. The minimum Gasteiger partial charge on any atom is -0.316 e. The number of carbonyl (C=O) groups is 1. The lowest BCUT2D eigenvalue weighted by atomic mass is 10.2. The molecule has 1 aromatic heterocycles. The van der Waals surface area contributed by atoms with Gasteiger partial charge in [-0.25, -0.2) is 0 Å². The van der Waals surface area contributed by atoms with Crippen LogP contribution >= 0.6 is 0 Å². The monoisotopic (exact) mass is 289 g/mol. The topological polar surface area (TPSA) is 22.0 Å². The van der Waals surface area contributed by atoms with Crippen LogP contribution in [0.3, 0.4) is 0 Å². The molecule has 0 unspecified atom stereocenters. The van der Waals surface area contributed by atoms with Crippen LogP contribution in [0, 0.1) is 0 Å². The minimum absolute atomic E-state index is 0.505. The number of carbonyl (C=O) groups excluding carboxylic acids is 1. The molecule has 0 amide bonds. The first-order valence-corrected chi connectivity index (χ1v) is 6.23. The lowest BCUT2D eigenvalue weighted by Gasteiger charge is -2.09. The van der Waals surface area contributed by atoms with Crippen molar-refractivity contribution in [3.63, 3.8) is 0 Å². The molecule has 106 valence electrons. The van der Waals surface area contributed by atoms with Gasteiger partial charge in [-0.05, 0) is 30.3 Å². The fourth-order valence-corrected chi connectivity index (χ4v) is 2.32. The lowest BCUT2D eigenvalue weighted by molar-refractivity contribution is -0.137. The summed E-state index contributed by atoms with van der Waals surface area (Å²) in [6.07, 6.45) is -1.99. The van der Waals surface area contributed by atoms with E-state index in [9.17, 15) is 18.0 Å². The molecule has 0 radical (unpaired) electrons. The van der Waals surface area contributed by atoms with Crippen LogP contribution in [0.5, 0.6) is 0 Å². The summed E-state index contributed by atoms with van der Waals surface area (Å²) in [4.78, 5) is 11.1. The van der Waals surface area contributed by atoms with Crippen molar-refractivity contribution < 1.29 is 18.0 Å². The zero-order valence-electron chi connectivity index (χ0n) is 10.8. The molecule has 0 aliphatic heterocycles. The second-order valence-electron chi connectivity index (χ2n) is 4.63. The molecule has 0 fully saturated rings. The molecule has 0 atom stereocenters. The molecule has 2 nitrogen and oxygen atoms in total. The Hall–Kier alpha value is -2.56. The van der Waals surface area contributed by atoms with Crippen molar-refractivity contribution in [1.82, 2.24) is 4.57 Å². The molecule has 0 saturated heterocycles. The SMILES string of the molecule is O=Cc1cn(-c2ccc(C(F)(F)F)cc2)c2ccccc12. The van der Waals surface area contributed by atoms with Gasteiger partial charge in [0, 0.05) is 22.8 Å². The van der Waals surface area contributed by atoms with Crippen molar-refractivity contribution >= 4 is 17.2 Å². The maximum Gasteiger partial charge on any atom is 0.416 e. The fraction of sp³-hybridized carbons (Fsp3) is 0.0625. The Morgan fingerprint density at radius 2 is 1.62 bits per heavy atom. The third-order valence-electron chi connectivity index (χ3n) is 3.34. The van der Waals surface area contributed by atoms with Crippen molar-refractivity contribution in [3.8, 4) is 5.69 Å². The number of halogens is 3. The molecule has 0 N–H and O–H groups in total. The number of fused-ring (bicyclic) bond motifs is 1. The number of rotatable bonds is 2. The number of hydrogen-bond donors (Lipinski definition) is 0. The zero-order chi connectivity index (χ0) is 15.0. The van der Waals surface area contributed by atoms with Crippen LogP contribution in [0.4, 0.5) is 13.2 Å². The Bertz CT molecular complexity index is 800. The van der Waals surface area contributed by atoms with Gasteiger partial charge in [0.25, 0.3) is 0 Å². The van der Waals surface area contributed by atoms with Crippen molar-refractivity contribution in [2.24, 2.45) is 0 Å². The summed E-state index contributed by atoms with van der Waals surface area (Å²) in [5.74, 6) is 0. The molecular weight excluding hydrogens is 279 g/mol. The number of benzene rings is 2. The Labute approximate surface area is 118 Å². The number of para-hydroxylation sites is 1. The Balaban J connectivity index is 2.15. The van der Waals surface area contributed by atoms with Gasteiger partial charge < -0.3 is 4.57 Å². The predicted molar refractivity (Wildman–Crippen MR) is 73.7 cm³/mol. The third-order valence-corrected chi connectivity index (χ3v) is 3.34. The highest BCUT2D eigenvalue weighted by atomic mass is 19.4. The first-order valence-electron chi connectivity index (χ1n) is 6.23. The summed E-state index contributed by atoms with van der Waals surface area (Å²) in [5, 5.41) is 0.771. The lowest BCUT2D eigenvalue weighted by Crippen LogP contribution is -2.04. The highest BCUT2D eigenvalue weighted by Gasteiger charge is 2.30. The van der Waals surface area contributed by atoms with Gasteiger partial charge >= 0.3 is 6.18 Å². The molecule has 3 aromatic rings. The predicted octanol–water partition coefficient (Wildman–Crippen LogP) is 4.46. The van der Waals surface area contributed by atoms with E-state index < -0.39 is 11.7 Å². The van der Waals surface area contributed by atoms with Crippen LogP contribution in [0.1, 0.15) is 15.9 Å². The van der Waals surface area contributed by atoms with E-state index in [1.54, 1.807) is 16.8 Å².